The first-order chi connectivity index (χ1) is 9.75. The molecule has 20 heavy (non-hydrogen) atoms. The Labute approximate surface area is 117 Å². The molecule has 0 saturated carbocycles. The molecule has 0 aliphatic carbocycles. The van der Waals surface area contributed by atoms with Crippen LogP contribution in [0.5, 0.6) is 0 Å². The molecule has 2 saturated heterocycles. The van der Waals surface area contributed by atoms with E-state index in [1.165, 1.54) is 0 Å². The van der Waals surface area contributed by atoms with Gasteiger partial charge in [0.1, 0.15) is 12.7 Å². The Morgan fingerprint density at radius 1 is 1.10 bits per heavy atom. The van der Waals surface area contributed by atoms with Crippen molar-refractivity contribution in [3.05, 3.63) is 35.9 Å². The summed E-state index contributed by atoms with van der Waals surface area (Å²) in [5.74, 6) is -0.246. The molecule has 2 heterocycles. The number of rotatable bonds is 3. The van der Waals surface area contributed by atoms with E-state index in [2.05, 4.69) is 10.2 Å². The summed E-state index contributed by atoms with van der Waals surface area (Å²) in [7, 11) is 0. The standard InChI is InChI=1S/C14H17N3O3/c18-12-10-17(14(19)15-12)13(11-4-2-1-3-5-11)16-6-8-20-9-7-16/h1-5,13H,6-10H2,(H,15,18,19). The number of hydrogen-bond acceptors (Lipinski definition) is 4. The highest BCUT2D eigenvalue weighted by molar-refractivity contribution is 6.02. The SMILES string of the molecule is O=C1CN(C(c2ccccc2)N2CCOCC2)C(=O)N1. The van der Waals surface area contributed by atoms with E-state index in [0.717, 1.165) is 18.7 Å². The van der Waals surface area contributed by atoms with Gasteiger partial charge in [-0.1, -0.05) is 30.3 Å². The number of morpholine rings is 1. The first-order valence-corrected chi connectivity index (χ1v) is 6.73. The van der Waals surface area contributed by atoms with E-state index in [-0.39, 0.29) is 24.6 Å². The molecular formula is C14H17N3O3. The largest absolute Gasteiger partial charge is 0.379 e. The Morgan fingerprint density at radius 3 is 2.40 bits per heavy atom. The lowest BCUT2D eigenvalue weighted by Gasteiger charge is -2.38. The van der Waals surface area contributed by atoms with Crippen LogP contribution in [-0.4, -0.2) is 54.6 Å². The summed E-state index contributed by atoms with van der Waals surface area (Å²) in [6, 6.07) is 9.47. The molecule has 106 valence electrons. The van der Waals surface area contributed by atoms with Crippen LogP contribution in [0.2, 0.25) is 0 Å². The van der Waals surface area contributed by atoms with Crippen molar-refractivity contribution in [3.8, 4) is 0 Å². The van der Waals surface area contributed by atoms with Gasteiger partial charge in [0.25, 0.3) is 0 Å². The molecule has 3 amide bonds. The lowest BCUT2D eigenvalue weighted by atomic mass is 10.1. The quantitative estimate of drug-likeness (QED) is 0.819. The molecular weight excluding hydrogens is 258 g/mol. The van der Waals surface area contributed by atoms with E-state index in [4.69, 9.17) is 4.74 Å². The van der Waals surface area contributed by atoms with Crippen LogP contribution < -0.4 is 5.32 Å². The number of hydrogen-bond donors (Lipinski definition) is 1. The Hall–Kier alpha value is -1.92. The van der Waals surface area contributed by atoms with Crippen LogP contribution in [0.1, 0.15) is 11.7 Å². The number of ether oxygens (including phenoxy) is 1. The van der Waals surface area contributed by atoms with Crippen LogP contribution in [0.4, 0.5) is 4.79 Å². The first-order valence-electron chi connectivity index (χ1n) is 6.73. The number of amides is 3. The molecule has 1 aromatic carbocycles. The molecule has 1 atom stereocenters. The highest BCUT2D eigenvalue weighted by Gasteiger charge is 2.37. The highest BCUT2D eigenvalue weighted by Crippen LogP contribution is 2.27. The van der Waals surface area contributed by atoms with Crippen molar-refractivity contribution in [2.45, 2.75) is 6.17 Å². The second-order valence-electron chi connectivity index (χ2n) is 4.91. The van der Waals surface area contributed by atoms with Gasteiger partial charge >= 0.3 is 6.03 Å². The van der Waals surface area contributed by atoms with Crippen molar-refractivity contribution in [1.82, 2.24) is 15.1 Å². The Balaban J connectivity index is 1.90. The average Bonchev–Trinajstić information content (AvgIpc) is 2.80. The van der Waals surface area contributed by atoms with Crippen molar-refractivity contribution < 1.29 is 14.3 Å². The molecule has 3 rings (SSSR count). The summed E-state index contributed by atoms with van der Waals surface area (Å²) >= 11 is 0. The predicted molar refractivity (Wildman–Crippen MR) is 71.8 cm³/mol. The van der Waals surface area contributed by atoms with E-state index in [1.54, 1.807) is 4.90 Å². The molecule has 0 bridgehead atoms. The number of urea groups is 1. The molecule has 2 fully saturated rings. The van der Waals surface area contributed by atoms with Crippen LogP contribution in [0.15, 0.2) is 30.3 Å². The molecule has 6 nitrogen and oxygen atoms in total. The normalized spacial score (nSPS) is 21.9. The molecule has 1 N–H and O–H groups in total. The zero-order chi connectivity index (χ0) is 13.9. The van der Waals surface area contributed by atoms with Gasteiger partial charge in [-0.3, -0.25) is 19.9 Å². The fourth-order valence-electron chi connectivity index (χ4n) is 2.69. The van der Waals surface area contributed by atoms with Crippen LogP contribution in [0.3, 0.4) is 0 Å². The zero-order valence-corrected chi connectivity index (χ0v) is 11.1. The maximum atomic E-state index is 12.0. The second-order valence-corrected chi connectivity index (χ2v) is 4.91. The number of nitrogens with one attached hydrogen (secondary N) is 1. The summed E-state index contributed by atoms with van der Waals surface area (Å²) in [5, 5.41) is 2.35. The molecule has 1 unspecified atom stereocenters. The monoisotopic (exact) mass is 275 g/mol. The van der Waals surface area contributed by atoms with E-state index < -0.39 is 0 Å². The van der Waals surface area contributed by atoms with E-state index in [0.29, 0.717) is 13.2 Å². The Morgan fingerprint density at radius 2 is 1.80 bits per heavy atom. The molecule has 0 spiro atoms. The van der Waals surface area contributed by atoms with Gasteiger partial charge in [0, 0.05) is 13.1 Å². The summed E-state index contributed by atoms with van der Waals surface area (Å²) in [6.45, 7) is 2.89. The van der Waals surface area contributed by atoms with Crippen LogP contribution in [0, 0.1) is 0 Å². The fourth-order valence-corrected chi connectivity index (χ4v) is 2.69. The molecule has 2 aliphatic heterocycles. The van der Waals surface area contributed by atoms with Crippen LogP contribution in [0.25, 0.3) is 0 Å². The fraction of sp³-hybridized carbons (Fsp3) is 0.429. The minimum Gasteiger partial charge on any atom is -0.379 e. The topological polar surface area (TPSA) is 61.9 Å². The van der Waals surface area contributed by atoms with Crippen molar-refractivity contribution in [3.63, 3.8) is 0 Å². The van der Waals surface area contributed by atoms with Crippen LogP contribution >= 0.6 is 0 Å². The Kier molecular flexibility index (Phi) is 3.66. The number of carbonyl (C=O) groups is 2. The third-order valence-corrected chi connectivity index (χ3v) is 3.61. The third-order valence-electron chi connectivity index (χ3n) is 3.61. The lowest BCUT2D eigenvalue weighted by Crippen LogP contribution is -2.47. The lowest BCUT2D eigenvalue weighted by molar-refractivity contribution is -0.119. The summed E-state index contributed by atoms with van der Waals surface area (Å²) < 4.78 is 5.37. The molecule has 0 radical (unpaired) electrons. The van der Waals surface area contributed by atoms with Gasteiger partial charge in [-0.2, -0.15) is 0 Å². The molecule has 1 aromatic rings. The maximum Gasteiger partial charge on any atom is 0.326 e. The van der Waals surface area contributed by atoms with Gasteiger partial charge in [0.2, 0.25) is 5.91 Å². The van der Waals surface area contributed by atoms with Gasteiger partial charge in [0.15, 0.2) is 0 Å². The highest BCUT2D eigenvalue weighted by atomic mass is 16.5. The molecule has 2 aliphatic rings. The first kappa shape index (κ1) is 13.1. The van der Waals surface area contributed by atoms with Crippen LogP contribution in [-0.2, 0) is 9.53 Å². The van der Waals surface area contributed by atoms with Gasteiger partial charge in [-0.25, -0.2) is 4.79 Å². The summed E-state index contributed by atoms with van der Waals surface area (Å²) in [6.07, 6.45) is -0.216. The van der Waals surface area contributed by atoms with Gasteiger partial charge in [-0.15, -0.1) is 0 Å². The predicted octanol–water partition coefficient (Wildman–Crippen LogP) is 0.569. The second kappa shape index (κ2) is 5.60. The van der Waals surface area contributed by atoms with E-state index >= 15 is 0 Å². The van der Waals surface area contributed by atoms with Gasteiger partial charge in [-0.05, 0) is 5.56 Å². The number of imide groups is 1. The number of benzene rings is 1. The molecule has 0 aromatic heterocycles. The van der Waals surface area contributed by atoms with E-state index in [9.17, 15) is 9.59 Å². The smallest absolute Gasteiger partial charge is 0.326 e. The molecule has 6 heteroatoms. The van der Waals surface area contributed by atoms with Gasteiger partial charge < -0.3 is 4.74 Å². The zero-order valence-electron chi connectivity index (χ0n) is 11.1. The maximum absolute atomic E-state index is 12.0. The third kappa shape index (κ3) is 2.52. The van der Waals surface area contributed by atoms with Crippen molar-refractivity contribution in [2.24, 2.45) is 0 Å². The minimum atomic E-state index is -0.324. The van der Waals surface area contributed by atoms with Crippen molar-refractivity contribution in [1.29, 1.82) is 0 Å². The minimum absolute atomic E-state index is 0.107. The van der Waals surface area contributed by atoms with E-state index in [1.807, 2.05) is 30.3 Å². The number of nitrogens with zero attached hydrogens (tertiary/aromatic N) is 2. The Bertz CT molecular complexity index is 500. The van der Waals surface area contributed by atoms with Crippen molar-refractivity contribution in [2.75, 3.05) is 32.8 Å². The average molecular weight is 275 g/mol. The summed E-state index contributed by atoms with van der Waals surface area (Å²) in [5.41, 5.74) is 1.01. The summed E-state index contributed by atoms with van der Waals surface area (Å²) in [4.78, 5) is 27.2. The van der Waals surface area contributed by atoms with Crippen molar-refractivity contribution >= 4 is 11.9 Å². The number of carbonyl (C=O) groups excluding carboxylic acids is 2. The van der Waals surface area contributed by atoms with Gasteiger partial charge in [0.05, 0.1) is 13.2 Å².